The van der Waals surface area contributed by atoms with E-state index in [2.05, 4.69) is 0 Å². The van der Waals surface area contributed by atoms with Gasteiger partial charge in [0.05, 0.1) is 17.2 Å². The molecule has 2 aromatic carbocycles. The molecule has 0 saturated carbocycles. The number of nitrogens with two attached hydrogens (primary N) is 1. The lowest BCUT2D eigenvalue weighted by Gasteiger charge is -2.13. The molecular formula is C14H12Cl3NO. The molecular weight excluding hydrogens is 305 g/mol. The van der Waals surface area contributed by atoms with Crippen LogP contribution >= 0.6 is 34.8 Å². The molecule has 0 fully saturated rings. The summed E-state index contributed by atoms with van der Waals surface area (Å²) >= 11 is 18.4. The van der Waals surface area contributed by atoms with Crippen molar-refractivity contribution in [3.05, 3.63) is 51.0 Å². The van der Waals surface area contributed by atoms with Crippen LogP contribution in [0.4, 0.5) is 0 Å². The van der Waals surface area contributed by atoms with Crippen LogP contribution in [0.3, 0.4) is 0 Å². The number of hydrogen-bond acceptors (Lipinski definition) is 2. The van der Waals surface area contributed by atoms with E-state index in [9.17, 15) is 0 Å². The molecule has 0 amide bonds. The second kappa shape index (κ2) is 6.02. The Hall–Kier alpha value is -0.930. The normalized spacial score (nSPS) is 10.6. The zero-order chi connectivity index (χ0) is 14.0. The van der Waals surface area contributed by atoms with E-state index >= 15 is 0 Å². The van der Waals surface area contributed by atoms with Crippen LogP contribution in [0.25, 0.3) is 11.1 Å². The Bertz CT molecular complexity index is 591. The van der Waals surface area contributed by atoms with Gasteiger partial charge in [-0.15, -0.1) is 0 Å². The number of ether oxygens (including phenoxy) is 1. The average molecular weight is 317 g/mol. The molecule has 5 heteroatoms. The van der Waals surface area contributed by atoms with E-state index in [1.807, 2.05) is 18.2 Å². The second-order valence-corrected chi connectivity index (χ2v) is 5.22. The maximum Gasteiger partial charge on any atom is 0.119 e. The Balaban J connectivity index is 2.65. The van der Waals surface area contributed by atoms with Gasteiger partial charge in [-0.3, -0.25) is 0 Å². The third kappa shape index (κ3) is 2.98. The summed E-state index contributed by atoms with van der Waals surface area (Å²) in [5.74, 6) is 0.741. The maximum atomic E-state index is 6.23. The highest BCUT2D eigenvalue weighted by Crippen LogP contribution is 2.39. The zero-order valence-corrected chi connectivity index (χ0v) is 12.5. The molecule has 0 radical (unpaired) electrons. The topological polar surface area (TPSA) is 35.2 Å². The predicted molar refractivity (Wildman–Crippen MR) is 81.4 cm³/mol. The first-order chi connectivity index (χ1) is 9.06. The fraction of sp³-hybridized carbons (Fsp3) is 0.143. The summed E-state index contributed by atoms with van der Waals surface area (Å²) in [4.78, 5) is 0. The van der Waals surface area contributed by atoms with Crippen LogP contribution in [0.1, 0.15) is 5.56 Å². The number of halogens is 3. The molecule has 0 aliphatic heterocycles. The Kier molecular flexibility index (Phi) is 4.58. The first kappa shape index (κ1) is 14.5. The first-order valence-electron chi connectivity index (χ1n) is 5.58. The Morgan fingerprint density at radius 1 is 1.05 bits per heavy atom. The minimum atomic E-state index is 0.363. The van der Waals surface area contributed by atoms with Crippen LogP contribution in [-0.2, 0) is 6.54 Å². The molecule has 100 valence electrons. The van der Waals surface area contributed by atoms with Crippen LogP contribution in [0, 0.1) is 0 Å². The van der Waals surface area contributed by atoms with E-state index in [1.54, 1.807) is 19.2 Å². The second-order valence-electron chi connectivity index (χ2n) is 3.97. The van der Waals surface area contributed by atoms with Gasteiger partial charge in [0.15, 0.2) is 0 Å². The van der Waals surface area contributed by atoms with E-state index in [4.69, 9.17) is 45.3 Å². The molecule has 0 unspecified atom stereocenters. The monoisotopic (exact) mass is 315 g/mol. The van der Waals surface area contributed by atoms with Gasteiger partial charge in [0.25, 0.3) is 0 Å². The van der Waals surface area contributed by atoms with Crippen LogP contribution < -0.4 is 10.5 Å². The zero-order valence-electron chi connectivity index (χ0n) is 10.2. The van der Waals surface area contributed by atoms with Crippen molar-refractivity contribution in [3.63, 3.8) is 0 Å². The van der Waals surface area contributed by atoms with Gasteiger partial charge in [0.2, 0.25) is 0 Å². The Labute approximate surface area is 127 Å². The molecule has 2 rings (SSSR count). The van der Waals surface area contributed by atoms with Crippen molar-refractivity contribution in [2.75, 3.05) is 7.11 Å². The minimum absolute atomic E-state index is 0.363. The summed E-state index contributed by atoms with van der Waals surface area (Å²) in [6, 6.07) is 8.93. The van der Waals surface area contributed by atoms with E-state index < -0.39 is 0 Å². The van der Waals surface area contributed by atoms with Crippen LogP contribution in [0.2, 0.25) is 15.1 Å². The van der Waals surface area contributed by atoms with Gasteiger partial charge in [-0.2, -0.15) is 0 Å². The van der Waals surface area contributed by atoms with Gasteiger partial charge < -0.3 is 10.5 Å². The molecule has 2 N–H and O–H groups in total. The number of rotatable bonds is 3. The molecule has 0 aromatic heterocycles. The molecule has 0 atom stereocenters. The summed E-state index contributed by atoms with van der Waals surface area (Å²) in [5.41, 5.74) is 8.30. The van der Waals surface area contributed by atoms with E-state index in [1.165, 1.54) is 0 Å². The van der Waals surface area contributed by atoms with Gasteiger partial charge >= 0.3 is 0 Å². The average Bonchev–Trinajstić information content (AvgIpc) is 2.37. The fourth-order valence-electron chi connectivity index (χ4n) is 1.91. The largest absolute Gasteiger partial charge is 0.497 e. The standard InChI is InChI=1S/C14H12Cl3NO/c1-19-10-2-3-11(8(4-10)7-18)14-12(16)5-9(15)6-13(14)17/h2-6H,7,18H2,1H3. The predicted octanol–water partition coefficient (Wildman–Crippen LogP) is 4.78. The summed E-state index contributed by atoms with van der Waals surface area (Å²) in [5, 5.41) is 1.50. The highest BCUT2D eigenvalue weighted by Gasteiger charge is 2.14. The summed E-state index contributed by atoms with van der Waals surface area (Å²) < 4.78 is 5.18. The highest BCUT2D eigenvalue weighted by molar-refractivity contribution is 6.41. The molecule has 2 nitrogen and oxygen atoms in total. The van der Waals surface area contributed by atoms with Crippen molar-refractivity contribution in [2.45, 2.75) is 6.54 Å². The number of hydrogen-bond donors (Lipinski definition) is 1. The third-order valence-corrected chi connectivity index (χ3v) is 3.62. The van der Waals surface area contributed by atoms with E-state index in [0.29, 0.717) is 21.6 Å². The van der Waals surface area contributed by atoms with Gasteiger partial charge in [0, 0.05) is 17.1 Å². The smallest absolute Gasteiger partial charge is 0.119 e. The van der Waals surface area contributed by atoms with Crippen LogP contribution in [0.15, 0.2) is 30.3 Å². The molecule has 2 aromatic rings. The van der Waals surface area contributed by atoms with Gasteiger partial charge in [-0.25, -0.2) is 0 Å². The highest BCUT2D eigenvalue weighted by atomic mass is 35.5. The molecule has 0 spiro atoms. The van der Waals surface area contributed by atoms with Crippen molar-refractivity contribution in [1.82, 2.24) is 0 Å². The fourth-order valence-corrected chi connectivity index (χ4v) is 2.93. The van der Waals surface area contributed by atoms with Crippen molar-refractivity contribution >= 4 is 34.8 Å². The van der Waals surface area contributed by atoms with Crippen molar-refractivity contribution < 1.29 is 4.74 Å². The number of methoxy groups -OCH3 is 1. The minimum Gasteiger partial charge on any atom is -0.497 e. The Morgan fingerprint density at radius 2 is 1.68 bits per heavy atom. The van der Waals surface area contributed by atoms with Crippen molar-refractivity contribution in [3.8, 4) is 16.9 Å². The molecule has 19 heavy (non-hydrogen) atoms. The van der Waals surface area contributed by atoms with Crippen LogP contribution in [0.5, 0.6) is 5.75 Å². The molecule has 0 aliphatic carbocycles. The summed E-state index contributed by atoms with van der Waals surface area (Å²) in [6.45, 7) is 0.363. The lowest BCUT2D eigenvalue weighted by Crippen LogP contribution is -2.00. The molecule has 0 saturated heterocycles. The van der Waals surface area contributed by atoms with Gasteiger partial charge in [-0.1, -0.05) is 40.9 Å². The van der Waals surface area contributed by atoms with E-state index in [0.717, 1.165) is 22.4 Å². The van der Waals surface area contributed by atoms with Crippen molar-refractivity contribution in [1.29, 1.82) is 0 Å². The van der Waals surface area contributed by atoms with Crippen molar-refractivity contribution in [2.24, 2.45) is 5.73 Å². The van der Waals surface area contributed by atoms with Crippen LogP contribution in [-0.4, -0.2) is 7.11 Å². The molecule has 0 heterocycles. The van der Waals surface area contributed by atoms with Gasteiger partial charge in [0.1, 0.15) is 5.75 Å². The lowest BCUT2D eigenvalue weighted by atomic mass is 9.99. The third-order valence-electron chi connectivity index (χ3n) is 2.81. The number of benzene rings is 2. The lowest BCUT2D eigenvalue weighted by molar-refractivity contribution is 0.414. The first-order valence-corrected chi connectivity index (χ1v) is 6.72. The molecule has 0 aliphatic rings. The maximum absolute atomic E-state index is 6.23. The Morgan fingerprint density at radius 3 is 2.21 bits per heavy atom. The SMILES string of the molecule is COc1ccc(-c2c(Cl)cc(Cl)cc2Cl)c(CN)c1. The van der Waals surface area contributed by atoms with Gasteiger partial charge in [-0.05, 0) is 35.4 Å². The van der Waals surface area contributed by atoms with E-state index in [-0.39, 0.29) is 0 Å². The summed E-state index contributed by atoms with van der Waals surface area (Å²) in [6.07, 6.45) is 0. The summed E-state index contributed by atoms with van der Waals surface area (Å²) in [7, 11) is 1.61. The quantitative estimate of drug-likeness (QED) is 0.884. The molecule has 0 bridgehead atoms.